The fraction of sp³-hybridized carbons (Fsp3) is 0.0833. The van der Waals surface area contributed by atoms with Gasteiger partial charge in [-0.1, -0.05) is 0 Å². The number of carbonyl (C=O) groups is 2. The van der Waals surface area contributed by atoms with E-state index in [2.05, 4.69) is 15.6 Å². The highest BCUT2D eigenvalue weighted by Crippen LogP contribution is 2.18. The van der Waals surface area contributed by atoms with Gasteiger partial charge in [0, 0.05) is 5.38 Å². The molecule has 0 unspecified atom stereocenters. The van der Waals surface area contributed by atoms with Crippen molar-refractivity contribution in [2.45, 2.75) is 6.92 Å². The highest BCUT2D eigenvalue weighted by atomic mass is 32.1. The van der Waals surface area contributed by atoms with Gasteiger partial charge in [0.05, 0.1) is 16.9 Å². The molecule has 1 aromatic heterocycles. The molecule has 0 fully saturated rings. The quantitative estimate of drug-likeness (QED) is 0.812. The third-order valence-corrected chi connectivity index (χ3v) is 3.18. The first-order valence-corrected chi connectivity index (χ1v) is 6.36. The monoisotopic (exact) mass is 295 g/mol. The minimum atomic E-state index is -1.24. The number of benzene rings is 1. The van der Waals surface area contributed by atoms with Crippen molar-refractivity contribution in [1.82, 2.24) is 4.98 Å². The number of urea groups is 1. The Balaban J connectivity index is 2.06. The van der Waals surface area contributed by atoms with E-state index in [1.54, 1.807) is 12.3 Å². The maximum atomic E-state index is 13.6. The number of aromatic carboxylic acids is 1. The van der Waals surface area contributed by atoms with E-state index < -0.39 is 17.8 Å². The molecule has 1 heterocycles. The molecule has 0 aliphatic heterocycles. The van der Waals surface area contributed by atoms with Crippen LogP contribution in [-0.4, -0.2) is 22.1 Å². The molecule has 0 aliphatic rings. The summed E-state index contributed by atoms with van der Waals surface area (Å²) in [5.41, 5.74) is 0.465. The zero-order valence-corrected chi connectivity index (χ0v) is 11.1. The lowest BCUT2D eigenvalue weighted by Gasteiger charge is -2.07. The molecule has 0 atom stereocenters. The number of aromatic nitrogens is 1. The number of carboxylic acids is 1. The molecule has 3 N–H and O–H groups in total. The van der Waals surface area contributed by atoms with Crippen LogP contribution < -0.4 is 10.6 Å². The van der Waals surface area contributed by atoms with Gasteiger partial charge in [-0.3, -0.25) is 5.32 Å². The SMILES string of the molecule is Cc1csc(NC(=O)Nc2ccc(C(=O)O)cc2F)n1. The van der Waals surface area contributed by atoms with Crippen molar-refractivity contribution < 1.29 is 19.1 Å². The molecule has 0 bridgehead atoms. The summed E-state index contributed by atoms with van der Waals surface area (Å²) >= 11 is 1.24. The Morgan fingerprint density at radius 1 is 1.35 bits per heavy atom. The summed E-state index contributed by atoms with van der Waals surface area (Å²) in [5.74, 6) is -2.06. The molecule has 0 spiro atoms. The summed E-state index contributed by atoms with van der Waals surface area (Å²) in [4.78, 5) is 26.3. The van der Waals surface area contributed by atoms with E-state index in [1.807, 2.05) is 0 Å². The van der Waals surface area contributed by atoms with Crippen LogP contribution in [0.25, 0.3) is 0 Å². The molecule has 1 aromatic carbocycles. The Kier molecular flexibility index (Phi) is 3.94. The maximum Gasteiger partial charge on any atom is 0.335 e. The normalized spacial score (nSPS) is 10.1. The summed E-state index contributed by atoms with van der Waals surface area (Å²) < 4.78 is 13.6. The Morgan fingerprint density at radius 2 is 2.10 bits per heavy atom. The van der Waals surface area contributed by atoms with Gasteiger partial charge >= 0.3 is 12.0 Å². The van der Waals surface area contributed by atoms with Crippen LogP contribution in [0.2, 0.25) is 0 Å². The summed E-state index contributed by atoms with van der Waals surface area (Å²) in [6.07, 6.45) is 0. The average Bonchev–Trinajstić information content (AvgIpc) is 2.77. The van der Waals surface area contributed by atoms with Crippen molar-refractivity contribution in [1.29, 1.82) is 0 Å². The second-order valence-corrected chi connectivity index (χ2v) is 4.73. The number of thiazole rings is 1. The van der Waals surface area contributed by atoms with Crippen molar-refractivity contribution in [3.05, 3.63) is 40.7 Å². The first-order chi connectivity index (χ1) is 9.45. The Hall–Kier alpha value is -2.48. The third kappa shape index (κ3) is 3.29. The third-order valence-electron chi connectivity index (χ3n) is 2.30. The number of anilines is 2. The highest BCUT2D eigenvalue weighted by Gasteiger charge is 2.11. The van der Waals surface area contributed by atoms with E-state index in [0.717, 1.165) is 11.8 Å². The van der Waals surface area contributed by atoms with Gasteiger partial charge in [0.1, 0.15) is 5.82 Å². The molecule has 0 aliphatic carbocycles. The fourth-order valence-corrected chi connectivity index (χ4v) is 2.09. The van der Waals surface area contributed by atoms with Crippen molar-refractivity contribution in [2.24, 2.45) is 0 Å². The van der Waals surface area contributed by atoms with Crippen LogP contribution in [0.4, 0.5) is 20.0 Å². The van der Waals surface area contributed by atoms with Crippen LogP contribution in [0.1, 0.15) is 16.1 Å². The van der Waals surface area contributed by atoms with Crippen LogP contribution in [0.3, 0.4) is 0 Å². The maximum absolute atomic E-state index is 13.6. The van der Waals surface area contributed by atoms with Gasteiger partial charge in [0.15, 0.2) is 5.13 Å². The van der Waals surface area contributed by atoms with E-state index in [9.17, 15) is 14.0 Å². The number of amides is 2. The summed E-state index contributed by atoms with van der Waals surface area (Å²) in [6, 6.07) is 2.58. The lowest BCUT2D eigenvalue weighted by atomic mass is 10.2. The number of halogens is 1. The predicted octanol–water partition coefficient (Wildman–Crippen LogP) is 2.93. The largest absolute Gasteiger partial charge is 0.478 e. The number of carboxylic acid groups (broad SMARTS) is 1. The summed E-state index contributed by atoms with van der Waals surface area (Å²) in [6.45, 7) is 1.78. The van der Waals surface area contributed by atoms with Gasteiger partial charge in [-0.25, -0.2) is 19.0 Å². The number of rotatable bonds is 3. The lowest BCUT2D eigenvalue weighted by molar-refractivity contribution is 0.0696. The zero-order valence-electron chi connectivity index (χ0n) is 10.3. The van der Waals surface area contributed by atoms with Crippen molar-refractivity contribution in [2.75, 3.05) is 10.6 Å². The van der Waals surface area contributed by atoms with Gasteiger partial charge in [-0.05, 0) is 25.1 Å². The summed E-state index contributed by atoms with van der Waals surface area (Å²) in [5, 5.41) is 15.6. The van der Waals surface area contributed by atoms with Crippen molar-refractivity contribution in [3.63, 3.8) is 0 Å². The highest BCUT2D eigenvalue weighted by molar-refractivity contribution is 7.13. The standard InChI is InChI=1S/C12H10FN3O3S/c1-6-5-20-12(14-6)16-11(19)15-9-3-2-7(10(17)18)4-8(9)13/h2-5H,1H3,(H,17,18)(H2,14,15,16,19). The number of aryl methyl sites for hydroxylation is 1. The molecule has 0 saturated carbocycles. The molecule has 2 amide bonds. The second kappa shape index (κ2) is 5.66. The molecule has 2 aromatic rings. The van der Waals surface area contributed by atoms with Crippen molar-refractivity contribution >= 4 is 34.2 Å². The van der Waals surface area contributed by atoms with Gasteiger partial charge in [-0.2, -0.15) is 0 Å². The van der Waals surface area contributed by atoms with Gasteiger partial charge in [-0.15, -0.1) is 11.3 Å². The molecular formula is C12H10FN3O3S. The molecule has 0 saturated heterocycles. The molecular weight excluding hydrogens is 285 g/mol. The second-order valence-electron chi connectivity index (χ2n) is 3.87. The number of hydrogen-bond donors (Lipinski definition) is 3. The topological polar surface area (TPSA) is 91.3 Å². The molecule has 20 heavy (non-hydrogen) atoms. The lowest BCUT2D eigenvalue weighted by Crippen LogP contribution is -2.20. The Morgan fingerprint density at radius 3 is 2.65 bits per heavy atom. The first kappa shape index (κ1) is 13.9. The molecule has 8 heteroatoms. The predicted molar refractivity (Wildman–Crippen MR) is 72.9 cm³/mol. The Bertz CT molecular complexity index is 672. The number of hydrogen-bond acceptors (Lipinski definition) is 4. The van der Waals surface area contributed by atoms with Crippen LogP contribution in [0.15, 0.2) is 23.6 Å². The van der Waals surface area contributed by atoms with Crippen LogP contribution >= 0.6 is 11.3 Å². The van der Waals surface area contributed by atoms with Crippen molar-refractivity contribution in [3.8, 4) is 0 Å². The number of nitrogens with zero attached hydrogens (tertiary/aromatic N) is 1. The minimum absolute atomic E-state index is 0.110. The molecule has 6 nitrogen and oxygen atoms in total. The molecule has 2 rings (SSSR count). The average molecular weight is 295 g/mol. The molecule has 104 valence electrons. The fourth-order valence-electron chi connectivity index (χ4n) is 1.41. The zero-order chi connectivity index (χ0) is 14.7. The van der Waals surface area contributed by atoms with E-state index in [1.165, 1.54) is 23.5 Å². The van der Waals surface area contributed by atoms with Crippen LogP contribution in [-0.2, 0) is 0 Å². The van der Waals surface area contributed by atoms with E-state index in [0.29, 0.717) is 5.13 Å². The number of nitrogens with one attached hydrogen (secondary N) is 2. The van der Waals surface area contributed by atoms with Crippen LogP contribution in [0, 0.1) is 12.7 Å². The number of carbonyl (C=O) groups excluding carboxylic acids is 1. The summed E-state index contributed by atoms with van der Waals surface area (Å²) in [7, 11) is 0. The smallest absolute Gasteiger partial charge is 0.335 e. The van der Waals surface area contributed by atoms with E-state index >= 15 is 0 Å². The first-order valence-electron chi connectivity index (χ1n) is 5.48. The van der Waals surface area contributed by atoms with Gasteiger partial charge in [0.2, 0.25) is 0 Å². The Labute approximate surface area is 117 Å². The van der Waals surface area contributed by atoms with E-state index in [-0.39, 0.29) is 11.3 Å². The van der Waals surface area contributed by atoms with Gasteiger partial charge in [0.25, 0.3) is 0 Å². The van der Waals surface area contributed by atoms with Gasteiger partial charge < -0.3 is 10.4 Å². The van der Waals surface area contributed by atoms with Crippen LogP contribution in [0.5, 0.6) is 0 Å². The minimum Gasteiger partial charge on any atom is -0.478 e. The molecule has 0 radical (unpaired) electrons. The van der Waals surface area contributed by atoms with E-state index in [4.69, 9.17) is 5.11 Å².